The first-order chi connectivity index (χ1) is 11.5. The van der Waals surface area contributed by atoms with Gasteiger partial charge in [-0.1, -0.05) is 0 Å². The van der Waals surface area contributed by atoms with Crippen molar-refractivity contribution in [2.45, 2.75) is 52.1 Å². The maximum atomic E-state index is 12.6. The maximum absolute atomic E-state index is 12.6. The average Bonchev–Trinajstić information content (AvgIpc) is 2.72. The fraction of sp³-hybridized carbons (Fsp3) is 0.667. The van der Waals surface area contributed by atoms with E-state index in [1.807, 2.05) is 0 Å². The van der Waals surface area contributed by atoms with Crippen molar-refractivity contribution in [1.29, 1.82) is 0 Å². The monoisotopic (exact) mass is 363 g/mol. The number of morpholine rings is 1. The number of halogens is 3. The van der Waals surface area contributed by atoms with E-state index in [2.05, 4.69) is 5.10 Å². The summed E-state index contributed by atoms with van der Waals surface area (Å²) in [5.41, 5.74) is 1.06. The summed E-state index contributed by atoms with van der Waals surface area (Å²) in [6.45, 7) is 3.61. The SMILES string of the molecule is Cc1nn(CC(F)(F)F)c(C)c1CC(=O)N1CC(C(=O)O)O[C@H](C)C1. The molecular weight excluding hydrogens is 343 g/mol. The molecule has 25 heavy (non-hydrogen) atoms. The smallest absolute Gasteiger partial charge is 0.408 e. The van der Waals surface area contributed by atoms with Crippen LogP contribution >= 0.6 is 0 Å². The van der Waals surface area contributed by atoms with E-state index in [-0.39, 0.29) is 31.1 Å². The summed E-state index contributed by atoms with van der Waals surface area (Å²) < 4.78 is 43.8. The number of alkyl halides is 3. The van der Waals surface area contributed by atoms with Gasteiger partial charge in [0.05, 0.1) is 24.8 Å². The predicted octanol–water partition coefficient (Wildman–Crippen LogP) is 1.31. The van der Waals surface area contributed by atoms with Crippen molar-refractivity contribution in [2.24, 2.45) is 0 Å². The number of carbonyl (C=O) groups excluding carboxylic acids is 1. The van der Waals surface area contributed by atoms with Crippen LogP contribution in [0.4, 0.5) is 13.2 Å². The fourth-order valence-corrected chi connectivity index (χ4v) is 2.87. The van der Waals surface area contributed by atoms with Gasteiger partial charge in [-0.15, -0.1) is 0 Å². The molecule has 0 aromatic carbocycles. The lowest BCUT2D eigenvalue weighted by Crippen LogP contribution is -2.52. The molecule has 1 fully saturated rings. The van der Waals surface area contributed by atoms with Crippen LogP contribution < -0.4 is 0 Å². The van der Waals surface area contributed by atoms with Crippen LogP contribution in [0.25, 0.3) is 0 Å². The Morgan fingerprint density at radius 1 is 1.32 bits per heavy atom. The molecule has 2 rings (SSSR count). The Hall–Kier alpha value is -2.10. The Balaban J connectivity index is 2.14. The third kappa shape index (κ3) is 4.71. The molecule has 0 radical (unpaired) electrons. The molecule has 140 valence electrons. The van der Waals surface area contributed by atoms with Gasteiger partial charge in [0.15, 0.2) is 6.10 Å². The lowest BCUT2D eigenvalue weighted by atomic mass is 10.1. The zero-order valence-corrected chi connectivity index (χ0v) is 14.1. The molecule has 2 heterocycles. The largest absolute Gasteiger partial charge is 0.479 e. The van der Waals surface area contributed by atoms with Crippen molar-refractivity contribution in [2.75, 3.05) is 13.1 Å². The molecule has 1 aliphatic rings. The molecule has 2 atom stereocenters. The third-order valence-electron chi connectivity index (χ3n) is 4.08. The third-order valence-corrected chi connectivity index (χ3v) is 4.08. The zero-order chi connectivity index (χ0) is 18.9. The highest BCUT2D eigenvalue weighted by molar-refractivity contribution is 5.81. The minimum absolute atomic E-state index is 0.0900. The van der Waals surface area contributed by atoms with Gasteiger partial charge >= 0.3 is 12.1 Å². The van der Waals surface area contributed by atoms with Gasteiger partial charge in [0.2, 0.25) is 5.91 Å². The van der Waals surface area contributed by atoms with Crippen LogP contribution in [0.3, 0.4) is 0 Å². The molecule has 0 bridgehead atoms. The molecule has 1 aromatic heterocycles. The van der Waals surface area contributed by atoms with Crippen LogP contribution in [0, 0.1) is 13.8 Å². The highest BCUT2D eigenvalue weighted by Gasteiger charge is 2.34. The number of hydrogen-bond donors (Lipinski definition) is 1. The summed E-state index contributed by atoms with van der Waals surface area (Å²) in [5.74, 6) is -1.52. The van der Waals surface area contributed by atoms with E-state index in [1.165, 1.54) is 11.8 Å². The van der Waals surface area contributed by atoms with Crippen molar-refractivity contribution in [1.82, 2.24) is 14.7 Å². The van der Waals surface area contributed by atoms with Gasteiger partial charge in [-0.25, -0.2) is 4.79 Å². The second-order valence-electron chi connectivity index (χ2n) is 6.17. The maximum Gasteiger partial charge on any atom is 0.408 e. The first-order valence-corrected chi connectivity index (χ1v) is 7.73. The molecule has 1 amide bonds. The Morgan fingerprint density at radius 3 is 2.52 bits per heavy atom. The number of aromatic nitrogens is 2. The number of amides is 1. The van der Waals surface area contributed by atoms with Gasteiger partial charge in [-0.05, 0) is 20.8 Å². The summed E-state index contributed by atoms with van der Waals surface area (Å²) in [6, 6.07) is 0. The number of rotatable bonds is 4. The summed E-state index contributed by atoms with van der Waals surface area (Å²) in [5, 5.41) is 12.9. The van der Waals surface area contributed by atoms with E-state index in [0.29, 0.717) is 11.3 Å². The fourth-order valence-electron chi connectivity index (χ4n) is 2.87. The Bertz CT molecular complexity index is 672. The minimum Gasteiger partial charge on any atom is -0.479 e. The topological polar surface area (TPSA) is 84.7 Å². The van der Waals surface area contributed by atoms with Gasteiger partial charge in [0, 0.05) is 17.8 Å². The molecule has 1 N–H and O–H groups in total. The predicted molar refractivity (Wildman–Crippen MR) is 80.0 cm³/mol. The van der Waals surface area contributed by atoms with Gasteiger partial charge in [0.25, 0.3) is 0 Å². The van der Waals surface area contributed by atoms with E-state index in [9.17, 15) is 22.8 Å². The molecule has 1 saturated heterocycles. The Kier molecular flexibility index (Phi) is 5.40. The van der Waals surface area contributed by atoms with E-state index in [1.54, 1.807) is 13.8 Å². The summed E-state index contributed by atoms with van der Waals surface area (Å²) >= 11 is 0. The zero-order valence-electron chi connectivity index (χ0n) is 14.1. The first kappa shape index (κ1) is 19.2. The number of carbonyl (C=O) groups is 2. The van der Waals surface area contributed by atoms with Gasteiger partial charge < -0.3 is 14.7 Å². The first-order valence-electron chi connectivity index (χ1n) is 7.73. The van der Waals surface area contributed by atoms with Crippen LogP contribution in [-0.2, 0) is 27.3 Å². The highest BCUT2D eigenvalue weighted by Crippen LogP contribution is 2.22. The van der Waals surface area contributed by atoms with Crippen LogP contribution in [0.5, 0.6) is 0 Å². The minimum atomic E-state index is -4.40. The normalized spacial score (nSPS) is 21.4. The van der Waals surface area contributed by atoms with E-state index >= 15 is 0 Å². The lowest BCUT2D eigenvalue weighted by molar-refractivity contribution is -0.166. The number of nitrogens with zero attached hydrogens (tertiary/aromatic N) is 3. The Morgan fingerprint density at radius 2 is 1.96 bits per heavy atom. The van der Waals surface area contributed by atoms with Crippen molar-refractivity contribution in [3.63, 3.8) is 0 Å². The number of hydrogen-bond acceptors (Lipinski definition) is 4. The number of aliphatic carboxylic acids is 1. The summed E-state index contributed by atoms with van der Waals surface area (Å²) in [7, 11) is 0. The molecule has 0 aliphatic carbocycles. The highest BCUT2D eigenvalue weighted by atomic mass is 19.4. The number of carboxylic acid groups (broad SMARTS) is 1. The van der Waals surface area contributed by atoms with E-state index in [0.717, 1.165) is 4.68 Å². The quantitative estimate of drug-likeness (QED) is 0.872. The molecule has 1 unspecified atom stereocenters. The van der Waals surface area contributed by atoms with Crippen LogP contribution in [0.2, 0.25) is 0 Å². The summed E-state index contributed by atoms with van der Waals surface area (Å²) in [6.07, 6.45) is -6.08. The summed E-state index contributed by atoms with van der Waals surface area (Å²) in [4.78, 5) is 25.0. The van der Waals surface area contributed by atoms with E-state index in [4.69, 9.17) is 9.84 Å². The Labute approximate surface area is 142 Å². The number of carboxylic acids is 1. The van der Waals surface area contributed by atoms with Crippen LogP contribution in [0.1, 0.15) is 23.9 Å². The second kappa shape index (κ2) is 7.03. The molecule has 0 spiro atoms. The standard InChI is InChI=1S/C15H20F3N3O4/c1-8-5-20(6-12(25-8)14(23)24)13(22)4-11-9(2)19-21(10(11)3)7-15(16,17)18/h8,12H,4-7H2,1-3H3,(H,23,24)/t8-,12?/m1/s1. The van der Waals surface area contributed by atoms with Crippen molar-refractivity contribution >= 4 is 11.9 Å². The average molecular weight is 363 g/mol. The number of aryl methyl sites for hydroxylation is 1. The van der Waals surface area contributed by atoms with Gasteiger partial charge in [-0.3, -0.25) is 9.48 Å². The van der Waals surface area contributed by atoms with E-state index < -0.39 is 30.9 Å². The molecular formula is C15H20F3N3O4. The van der Waals surface area contributed by atoms with Crippen molar-refractivity contribution in [3.8, 4) is 0 Å². The van der Waals surface area contributed by atoms with Gasteiger partial charge in [-0.2, -0.15) is 18.3 Å². The molecule has 1 aliphatic heterocycles. The second-order valence-corrected chi connectivity index (χ2v) is 6.17. The molecule has 10 heteroatoms. The van der Waals surface area contributed by atoms with Crippen molar-refractivity contribution in [3.05, 3.63) is 17.0 Å². The van der Waals surface area contributed by atoms with Crippen LogP contribution in [0.15, 0.2) is 0 Å². The van der Waals surface area contributed by atoms with Crippen molar-refractivity contribution < 1.29 is 32.6 Å². The lowest BCUT2D eigenvalue weighted by Gasteiger charge is -2.35. The van der Waals surface area contributed by atoms with Gasteiger partial charge in [0.1, 0.15) is 6.54 Å². The van der Waals surface area contributed by atoms with Crippen LogP contribution in [-0.4, -0.2) is 63.1 Å². The molecule has 7 nitrogen and oxygen atoms in total. The molecule has 1 aromatic rings. The molecule has 0 saturated carbocycles. The number of ether oxygens (including phenoxy) is 1.